The average molecular weight is 590 g/mol. The number of hydrogen-bond acceptors (Lipinski definition) is 8. The molecule has 3 aliphatic rings. The van der Waals surface area contributed by atoms with E-state index >= 15 is 0 Å². The average Bonchev–Trinajstić information content (AvgIpc) is 3.29. The Bertz CT molecular complexity index is 1770. The topological polar surface area (TPSA) is 157 Å². The number of nitrogens with zero attached hydrogens (tertiary/aromatic N) is 1. The molecule has 1 unspecified atom stereocenters. The highest BCUT2D eigenvalue weighted by Crippen LogP contribution is 2.50. The molecule has 0 radical (unpaired) electrons. The molecule has 0 bridgehead atoms. The minimum atomic E-state index is -1.97. The molecule has 6 N–H and O–H groups in total. The molecule has 0 saturated heterocycles. The van der Waals surface area contributed by atoms with Crippen molar-refractivity contribution >= 4 is 28.9 Å². The van der Waals surface area contributed by atoms with Crippen molar-refractivity contribution in [2.24, 2.45) is 0 Å². The number of urea groups is 1. The largest absolute Gasteiger partial charge is 0.494 e. The summed E-state index contributed by atoms with van der Waals surface area (Å²) in [7, 11) is 1.37. The predicted molar refractivity (Wildman–Crippen MR) is 157 cm³/mol. The minimum Gasteiger partial charge on any atom is -0.494 e. The highest BCUT2D eigenvalue weighted by atomic mass is 19.1. The number of pyridine rings is 1. The third-order valence-corrected chi connectivity index (χ3v) is 8.70. The van der Waals surface area contributed by atoms with Crippen molar-refractivity contribution in [1.29, 1.82) is 0 Å². The molecular formula is C31H32FN5O6. The molecule has 43 heavy (non-hydrogen) atoms. The summed E-state index contributed by atoms with van der Waals surface area (Å²) in [6.07, 6.45) is 0.0169. The van der Waals surface area contributed by atoms with E-state index in [1.807, 2.05) is 19.1 Å². The molecule has 3 aliphatic heterocycles. The summed E-state index contributed by atoms with van der Waals surface area (Å²) >= 11 is 0. The fourth-order valence-electron chi connectivity index (χ4n) is 6.22. The zero-order valence-corrected chi connectivity index (χ0v) is 24.0. The Morgan fingerprint density at radius 3 is 2.60 bits per heavy atom. The number of cyclic esters (lactones) is 1. The van der Waals surface area contributed by atoms with Gasteiger partial charge in [0.2, 0.25) is 0 Å². The van der Waals surface area contributed by atoms with E-state index in [9.17, 15) is 23.9 Å². The number of esters is 1. The van der Waals surface area contributed by atoms with Crippen molar-refractivity contribution in [2.45, 2.75) is 51.1 Å². The third kappa shape index (κ3) is 4.40. The van der Waals surface area contributed by atoms with E-state index in [-0.39, 0.29) is 49.5 Å². The van der Waals surface area contributed by atoms with Gasteiger partial charge in [0.1, 0.15) is 6.61 Å². The number of anilines is 2. The number of nitrogens with two attached hydrogens (primary N) is 1. The van der Waals surface area contributed by atoms with Crippen molar-refractivity contribution in [3.63, 3.8) is 0 Å². The molecule has 2 atom stereocenters. The van der Waals surface area contributed by atoms with E-state index < -0.39 is 34.5 Å². The molecule has 1 aromatic heterocycles. The number of methoxy groups -OCH3 is 1. The summed E-state index contributed by atoms with van der Waals surface area (Å²) in [5.41, 5.74) is 7.25. The van der Waals surface area contributed by atoms with Gasteiger partial charge in [-0.1, -0.05) is 19.1 Å². The number of hydrogen-bond donors (Lipinski definition) is 5. The lowest BCUT2D eigenvalue weighted by molar-refractivity contribution is -0.172. The molecule has 2 aromatic carbocycles. The first-order valence-electron chi connectivity index (χ1n) is 13.9. The van der Waals surface area contributed by atoms with E-state index in [1.54, 1.807) is 35.8 Å². The zero-order chi connectivity index (χ0) is 30.7. The Labute approximate surface area is 246 Å². The summed E-state index contributed by atoms with van der Waals surface area (Å²) in [4.78, 5) is 39.2. The second-order valence-electron chi connectivity index (χ2n) is 11.1. The third-order valence-electron chi connectivity index (χ3n) is 8.70. The van der Waals surface area contributed by atoms with Gasteiger partial charge < -0.3 is 40.8 Å². The van der Waals surface area contributed by atoms with E-state index in [1.165, 1.54) is 13.2 Å². The first kappa shape index (κ1) is 28.3. The van der Waals surface area contributed by atoms with Crippen molar-refractivity contribution < 1.29 is 28.6 Å². The number of amides is 2. The van der Waals surface area contributed by atoms with Crippen molar-refractivity contribution in [2.75, 3.05) is 24.7 Å². The van der Waals surface area contributed by atoms with Gasteiger partial charge in [-0.3, -0.25) is 4.79 Å². The Kier molecular flexibility index (Phi) is 6.68. The Balaban J connectivity index is 1.41. The van der Waals surface area contributed by atoms with Gasteiger partial charge in [0.15, 0.2) is 17.2 Å². The van der Waals surface area contributed by atoms with E-state index in [0.29, 0.717) is 28.2 Å². The van der Waals surface area contributed by atoms with Gasteiger partial charge in [0, 0.05) is 41.7 Å². The molecule has 0 spiro atoms. The summed E-state index contributed by atoms with van der Waals surface area (Å²) in [6.45, 7) is 3.75. The van der Waals surface area contributed by atoms with Gasteiger partial charge in [-0.25, -0.2) is 14.0 Å². The monoisotopic (exact) mass is 589 g/mol. The predicted octanol–water partition coefficient (Wildman–Crippen LogP) is 2.84. The van der Waals surface area contributed by atoms with Crippen LogP contribution in [0.15, 0.2) is 52.8 Å². The maximum absolute atomic E-state index is 14.9. The molecular weight excluding hydrogens is 557 g/mol. The van der Waals surface area contributed by atoms with Crippen LogP contribution in [0.4, 0.5) is 20.6 Å². The first-order valence-corrected chi connectivity index (χ1v) is 13.9. The number of fused-ring (bicyclic) bond motifs is 5. The van der Waals surface area contributed by atoms with Gasteiger partial charge in [-0.15, -0.1) is 0 Å². The Morgan fingerprint density at radius 2 is 1.91 bits per heavy atom. The molecule has 0 aliphatic carbocycles. The fourth-order valence-corrected chi connectivity index (χ4v) is 6.22. The van der Waals surface area contributed by atoms with Crippen LogP contribution < -0.4 is 32.0 Å². The number of aromatic nitrogens is 1. The molecule has 0 saturated carbocycles. The molecule has 12 heteroatoms. The summed E-state index contributed by atoms with van der Waals surface area (Å²) in [6, 6.07) is 11.3. The van der Waals surface area contributed by atoms with Crippen LogP contribution in [0.25, 0.3) is 5.57 Å². The number of aliphatic hydroxyl groups is 1. The van der Waals surface area contributed by atoms with Crippen LogP contribution in [0.2, 0.25) is 0 Å². The van der Waals surface area contributed by atoms with Crippen molar-refractivity contribution in [3.05, 3.63) is 92.2 Å². The molecule has 2 amide bonds. The first-order chi connectivity index (χ1) is 20.5. The van der Waals surface area contributed by atoms with Crippen LogP contribution >= 0.6 is 0 Å². The number of halogens is 1. The molecule has 224 valence electrons. The lowest BCUT2D eigenvalue weighted by Gasteiger charge is -2.38. The number of benzene rings is 2. The van der Waals surface area contributed by atoms with E-state index in [2.05, 4.69) is 16.0 Å². The number of carbonyl (C=O) groups excluding carboxylic acids is 2. The maximum atomic E-state index is 14.9. The lowest BCUT2D eigenvalue weighted by Crippen LogP contribution is -2.45. The summed E-state index contributed by atoms with van der Waals surface area (Å²) < 4.78 is 26.9. The fraction of sp³-hybridized carbons (Fsp3) is 0.323. The molecule has 3 aromatic rings. The molecule has 0 fully saturated rings. The smallest absolute Gasteiger partial charge is 0.343 e. The summed E-state index contributed by atoms with van der Waals surface area (Å²) in [5.74, 6) is -1.36. The molecule has 4 heterocycles. The minimum absolute atomic E-state index is 0.0169. The van der Waals surface area contributed by atoms with Crippen LogP contribution in [-0.4, -0.2) is 35.3 Å². The number of ether oxygens (including phenoxy) is 2. The van der Waals surface area contributed by atoms with Crippen LogP contribution in [0.1, 0.15) is 48.2 Å². The maximum Gasteiger partial charge on any atom is 0.343 e. The van der Waals surface area contributed by atoms with E-state index in [0.717, 1.165) is 11.1 Å². The van der Waals surface area contributed by atoms with Crippen LogP contribution in [0, 0.1) is 5.82 Å². The standard InChI is InChI=1S/C31H32FN5O6/c1-4-31(41)21-10-26-30(2)22(14-37(26)27(38)20(21)15-43-28(31)39)19(18-9-25(42-3)23(32)11-24(18)36-30)13-35-29(40)34-12-16-5-7-17(33)8-6-16/h5-11,36,41H,4,12-15,33H2,1-3H3,(H2,34,35,40)/t30?,31-/m0/s1. The second-order valence-corrected chi connectivity index (χ2v) is 11.1. The SMILES string of the molecule is CC[C@@]1(O)C(=O)OCc2c1cc1n(c2=O)CC2=C(CNC(=O)NCc3ccc(N)cc3)c3cc(OC)c(F)cc3NC21C. The van der Waals surface area contributed by atoms with Crippen LogP contribution in [-0.2, 0) is 40.4 Å². The molecule has 11 nitrogen and oxygen atoms in total. The van der Waals surface area contributed by atoms with Gasteiger partial charge in [-0.05, 0) is 54.3 Å². The summed E-state index contributed by atoms with van der Waals surface area (Å²) in [5, 5.41) is 20.4. The highest BCUT2D eigenvalue weighted by molar-refractivity contribution is 5.89. The normalized spacial score (nSPS) is 21.6. The van der Waals surface area contributed by atoms with Gasteiger partial charge >= 0.3 is 12.0 Å². The highest BCUT2D eigenvalue weighted by Gasteiger charge is 2.50. The number of carbonyl (C=O) groups is 2. The van der Waals surface area contributed by atoms with Crippen molar-refractivity contribution in [1.82, 2.24) is 15.2 Å². The quantitative estimate of drug-likeness (QED) is 0.217. The molecule has 6 rings (SSSR count). The Hall–Kier alpha value is -4.84. The number of nitrogens with one attached hydrogen (secondary N) is 3. The van der Waals surface area contributed by atoms with Crippen LogP contribution in [0.5, 0.6) is 5.75 Å². The second kappa shape index (κ2) is 10.2. The zero-order valence-electron chi connectivity index (χ0n) is 24.0. The van der Waals surface area contributed by atoms with Crippen LogP contribution in [0.3, 0.4) is 0 Å². The number of nitrogen functional groups attached to an aromatic ring is 1. The Morgan fingerprint density at radius 1 is 1.19 bits per heavy atom. The van der Waals surface area contributed by atoms with Gasteiger partial charge in [0.25, 0.3) is 5.56 Å². The lowest BCUT2D eigenvalue weighted by atomic mass is 9.79. The van der Waals surface area contributed by atoms with Gasteiger partial charge in [0.05, 0.1) is 30.5 Å². The number of rotatable bonds is 6. The van der Waals surface area contributed by atoms with Gasteiger partial charge in [-0.2, -0.15) is 0 Å². The van der Waals surface area contributed by atoms with Crippen molar-refractivity contribution in [3.8, 4) is 5.75 Å². The van der Waals surface area contributed by atoms with E-state index in [4.69, 9.17) is 15.2 Å².